The summed E-state index contributed by atoms with van der Waals surface area (Å²) in [6.07, 6.45) is 3.85. The van der Waals surface area contributed by atoms with Gasteiger partial charge in [-0.2, -0.15) is 0 Å². The average Bonchev–Trinajstić information content (AvgIpc) is 2.43. The molecule has 20 heavy (non-hydrogen) atoms. The van der Waals surface area contributed by atoms with Crippen molar-refractivity contribution in [2.45, 2.75) is 19.8 Å². The molecule has 1 aromatic carbocycles. The van der Waals surface area contributed by atoms with Gasteiger partial charge in [-0.3, -0.25) is 9.59 Å². The third kappa shape index (κ3) is 6.04. The van der Waals surface area contributed by atoms with E-state index >= 15 is 0 Å². The summed E-state index contributed by atoms with van der Waals surface area (Å²) in [6.45, 7) is 2.76. The van der Waals surface area contributed by atoms with E-state index in [1.54, 1.807) is 6.08 Å². The van der Waals surface area contributed by atoms with Crippen molar-refractivity contribution in [3.63, 3.8) is 0 Å². The molecule has 0 bridgehead atoms. The normalized spacial score (nSPS) is 10.4. The molecule has 0 radical (unpaired) electrons. The predicted molar refractivity (Wildman–Crippen MR) is 76.5 cm³/mol. The van der Waals surface area contributed by atoms with Crippen molar-refractivity contribution in [3.8, 4) is 5.75 Å². The summed E-state index contributed by atoms with van der Waals surface area (Å²) in [7, 11) is 0. The molecule has 1 amide bonds. The lowest BCUT2D eigenvalue weighted by molar-refractivity contribution is -0.136. The van der Waals surface area contributed by atoms with Crippen LogP contribution < -0.4 is 10.1 Å². The van der Waals surface area contributed by atoms with Crippen LogP contribution in [0.4, 0.5) is 0 Å². The van der Waals surface area contributed by atoms with Crippen LogP contribution in [0.1, 0.15) is 25.3 Å². The molecule has 5 nitrogen and oxygen atoms in total. The van der Waals surface area contributed by atoms with Gasteiger partial charge in [0.25, 0.3) is 0 Å². The van der Waals surface area contributed by atoms with Crippen molar-refractivity contribution in [2.24, 2.45) is 0 Å². The Balaban J connectivity index is 2.56. The van der Waals surface area contributed by atoms with E-state index in [0.29, 0.717) is 6.61 Å². The highest BCUT2D eigenvalue weighted by Crippen LogP contribution is 2.19. The van der Waals surface area contributed by atoms with Gasteiger partial charge < -0.3 is 15.2 Å². The third-order valence-electron chi connectivity index (χ3n) is 2.43. The van der Waals surface area contributed by atoms with E-state index in [9.17, 15) is 9.59 Å². The Bertz CT molecular complexity index is 483. The van der Waals surface area contributed by atoms with Gasteiger partial charge in [0.05, 0.1) is 13.0 Å². The number of carboxylic acid groups (broad SMARTS) is 1. The van der Waals surface area contributed by atoms with E-state index in [0.717, 1.165) is 17.7 Å². The quantitative estimate of drug-likeness (QED) is 0.713. The zero-order chi connectivity index (χ0) is 14.8. The van der Waals surface area contributed by atoms with Gasteiger partial charge in [0.15, 0.2) is 0 Å². The smallest absolute Gasteiger partial charge is 0.305 e. The Labute approximate surface area is 118 Å². The fourth-order valence-corrected chi connectivity index (χ4v) is 1.48. The standard InChI is InChI=1S/C15H19NO4/c1-2-11-20-13-6-4-3-5-12(13)7-8-14(17)16-10-9-15(18)19/h3-8H,2,9-11H2,1H3,(H,16,17)(H,18,19). The van der Waals surface area contributed by atoms with Crippen LogP contribution in [-0.4, -0.2) is 30.1 Å². The fourth-order valence-electron chi connectivity index (χ4n) is 1.48. The number of ether oxygens (including phenoxy) is 1. The maximum Gasteiger partial charge on any atom is 0.305 e. The SMILES string of the molecule is CCCOc1ccccc1C=CC(=O)NCCC(=O)O. The number of benzene rings is 1. The van der Waals surface area contributed by atoms with Crippen LogP contribution in [0.2, 0.25) is 0 Å². The Morgan fingerprint density at radius 1 is 1.35 bits per heavy atom. The summed E-state index contributed by atoms with van der Waals surface area (Å²) in [5, 5.41) is 11.0. The molecule has 0 aliphatic carbocycles. The van der Waals surface area contributed by atoms with Gasteiger partial charge in [0, 0.05) is 18.2 Å². The minimum absolute atomic E-state index is 0.0875. The first-order valence-corrected chi connectivity index (χ1v) is 6.53. The molecule has 1 rings (SSSR count). The summed E-state index contributed by atoms with van der Waals surface area (Å²) >= 11 is 0. The van der Waals surface area contributed by atoms with Gasteiger partial charge in [-0.15, -0.1) is 0 Å². The molecule has 0 atom stereocenters. The molecule has 0 unspecified atom stereocenters. The summed E-state index contributed by atoms with van der Waals surface area (Å²) in [5.41, 5.74) is 0.814. The third-order valence-corrected chi connectivity index (χ3v) is 2.43. The van der Waals surface area contributed by atoms with Crippen molar-refractivity contribution in [1.82, 2.24) is 5.32 Å². The van der Waals surface area contributed by atoms with E-state index in [2.05, 4.69) is 5.32 Å². The van der Waals surface area contributed by atoms with E-state index in [4.69, 9.17) is 9.84 Å². The van der Waals surface area contributed by atoms with Crippen LogP contribution in [0, 0.1) is 0 Å². The lowest BCUT2D eigenvalue weighted by Gasteiger charge is -2.07. The van der Waals surface area contributed by atoms with E-state index < -0.39 is 5.97 Å². The summed E-state index contributed by atoms with van der Waals surface area (Å²) in [6, 6.07) is 7.43. The van der Waals surface area contributed by atoms with Gasteiger partial charge in [0.2, 0.25) is 5.91 Å². The minimum Gasteiger partial charge on any atom is -0.493 e. The molecular formula is C15H19NO4. The lowest BCUT2D eigenvalue weighted by Crippen LogP contribution is -2.23. The highest BCUT2D eigenvalue weighted by Gasteiger charge is 2.01. The zero-order valence-electron chi connectivity index (χ0n) is 11.5. The van der Waals surface area contributed by atoms with E-state index in [1.807, 2.05) is 31.2 Å². The van der Waals surface area contributed by atoms with Crippen LogP contribution in [-0.2, 0) is 9.59 Å². The maximum atomic E-state index is 11.5. The number of para-hydroxylation sites is 1. The maximum absolute atomic E-state index is 11.5. The second-order valence-corrected chi connectivity index (χ2v) is 4.15. The molecule has 0 aliphatic heterocycles. The Morgan fingerprint density at radius 2 is 2.10 bits per heavy atom. The molecule has 0 spiro atoms. The fraction of sp³-hybridized carbons (Fsp3) is 0.333. The highest BCUT2D eigenvalue weighted by atomic mass is 16.5. The van der Waals surface area contributed by atoms with Gasteiger partial charge >= 0.3 is 5.97 Å². The molecule has 0 aliphatic rings. The number of aliphatic carboxylic acids is 1. The van der Waals surface area contributed by atoms with E-state index in [-0.39, 0.29) is 18.9 Å². The second-order valence-electron chi connectivity index (χ2n) is 4.15. The van der Waals surface area contributed by atoms with Crippen molar-refractivity contribution in [1.29, 1.82) is 0 Å². The van der Waals surface area contributed by atoms with Gasteiger partial charge in [-0.1, -0.05) is 25.1 Å². The van der Waals surface area contributed by atoms with E-state index in [1.165, 1.54) is 6.08 Å². The predicted octanol–water partition coefficient (Wildman–Crippen LogP) is 2.08. The largest absolute Gasteiger partial charge is 0.493 e. The van der Waals surface area contributed by atoms with Crippen molar-refractivity contribution in [2.75, 3.05) is 13.2 Å². The number of hydrogen-bond acceptors (Lipinski definition) is 3. The van der Waals surface area contributed by atoms with Gasteiger partial charge in [-0.25, -0.2) is 0 Å². The number of amides is 1. The topological polar surface area (TPSA) is 75.6 Å². The van der Waals surface area contributed by atoms with Gasteiger partial charge in [0.1, 0.15) is 5.75 Å². The molecule has 108 valence electrons. The molecule has 0 saturated heterocycles. The second kappa shape index (κ2) is 8.74. The van der Waals surface area contributed by atoms with Crippen molar-refractivity contribution >= 4 is 18.0 Å². The number of carbonyl (C=O) groups excluding carboxylic acids is 1. The summed E-state index contributed by atoms with van der Waals surface area (Å²) in [5.74, 6) is -0.534. The van der Waals surface area contributed by atoms with Gasteiger partial charge in [-0.05, 0) is 18.6 Å². The number of hydrogen-bond donors (Lipinski definition) is 2. The highest BCUT2D eigenvalue weighted by molar-refractivity contribution is 5.92. The van der Waals surface area contributed by atoms with Crippen LogP contribution in [0.15, 0.2) is 30.3 Å². The van der Waals surface area contributed by atoms with Crippen LogP contribution >= 0.6 is 0 Å². The molecule has 0 fully saturated rings. The molecular weight excluding hydrogens is 258 g/mol. The first-order chi connectivity index (χ1) is 9.63. The van der Waals surface area contributed by atoms with Crippen molar-refractivity contribution in [3.05, 3.63) is 35.9 Å². The molecule has 1 aromatic rings. The Kier molecular flexibility index (Phi) is 6.89. The average molecular weight is 277 g/mol. The number of nitrogens with one attached hydrogen (secondary N) is 1. The molecule has 0 heterocycles. The Hall–Kier alpha value is -2.30. The van der Waals surface area contributed by atoms with Crippen LogP contribution in [0.5, 0.6) is 5.75 Å². The van der Waals surface area contributed by atoms with Crippen molar-refractivity contribution < 1.29 is 19.4 Å². The summed E-state index contributed by atoms with van der Waals surface area (Å²) < 4.78 is 5.57. The minimum atomic E-state index is -0.937. The van der Waals surface area contributed by atoms with Crippen LogP contribution in [0.3, 0.4) is 0 Å². The number of carboxylic acids is 1. The lowest BCUT2D eigenvalue weighted by atomic mass is 10.2. The molecule has 0 saturated carbocycles. The Morgan fingerprint density at radius 3 is 2.80 bits per heavy atom. The molecule has 0 aromatic heterocycles. The summed E-state index contributed by atoms with van der Waals surface area (Å²) in [4.78, 5) is 21.8. The monoisotopic (exact) mass is 277 g/mol. The molecule has 5 heteroatoms. The molecule has 2 N–H and O–H groups in total. The number of rotatable bonds is 8. The zero-order valence-corrected chi connectivity index (χ0v) is 11.5. The van der Waals surface area contributed by atoms with Crippen LogP contribution in [0.25, 0.3) is 6.08 Å². The first-order valence-electron chi connectivity index (χ1n) is 6.53. The number of carbonyl (C=O) groups is 2. The first kappa shape index (κ1) is 15.8.